The first-order chi connectivity index (χ1) is 8.36. The van der Waals surface area contributed by atoms with E-state index in [0.29, 0.717) is 0 Å². The number of aryl methyl sites for hydroxylation is 1. The molecule has 2 aromatic rings. The van der Waals surface area contributed by atoms with Crippen LogP contribution in [0.3, 0.4) is 0 Å². The average molecular weight is 228 g/mol. The Morgan fingerprint density at radius 2 is 2.18 bits per heavy atom. The second-order valence-electron chi connectivity index (χ2n) is 5.06. The highest BCUT2D eigenvalue weighted by Gasteiger charge is 2.19. The van der Waals surface area contributed by atoms with Crippen LogP contribution < -0.4 is 5.32 Å². The summed E-state index contributed by atoms with van der Waals surface area (Å²) in [5, 5.41) is 4.93. The molecule has 0 aliphatic heterocycles. The number of fused-ring (bicyclic) bond motifs is 1. The Labute approximate surface area is 103 Å². The molecule has 2 heteroatoms. The third kappa shape index (κ3) is 2.37. The SMILES string of the molecule is CCCn1ccc2ccc(CNC3CC3)cc21. The normalized spacial score (nSPS) is 15.6. The van der Waals surface area contributed by atoms with E-state index >= 15 is 0 Å². The Bertz CT molecular complexity index is 509. The Balaban J connectivity index is 1.83. The molecule has 90 valence electrons. The van der Waals surface area contributed by atoms with Gasteiger partial charge in [0.25, 0.3) is 0 Å². The first-order valence-corrected chi connectivity index (χ1v) is 6.68. The van der Waals surface area contributed by atoms with E-state index in [-0.39, 0.29) is 0 Å². The van der Waals surface area contributed by atoms with Gasteiger partial charge in [0, 0.05) is 30.8 Å². The summed E-state index contributed by atoms with van der Waals surface area (Å²) in [6.07, 6.45) is 6.10. The van der Waals surface area contributed by atoms with E-state index in [2.05, 4.69) is 47.3 Å². The molecule has 0 saturated heterocycles. The summed E-state index contributed by atoms with van der Waals surface area (Å²) in [5.41, 5.74) is 2.78. The lowest BCUT2D eigenvalue weighted by atomic mass is 10.1. The summed E-state index contributed by atoms with van der Waals surface area (Å²) < 4.78 is 2.36. The highest BCUT2D eigenvalue weighted by Crippen LogP contribution is 2.21. The van der Waals surface area contributed by atoms with Crippen LogP contribution in [0, 0.1) is 0 Å². The van der Waals surface area contributed by atoms with Crippen molar-refractivity contribution in [2.24, 2.45) is 0 Å². The van der Waals surface area contributed by atoms with Crippen molar-refractivity contribution in [2.75, 3.05) is 0 Å². The number of hydrogen-bond acceptors (Lipinski definition) is 1. The molecule has 0 amide bonds. The zero-order chi connectivity index (χ0) is 11.7. The molecule has 0 bridgehead atoms. The van der Waals surface area contributed by atoms with Crippen LogP contribution >= 0.6 is 0 Å². The van der Waals surface area contributed by atoms with E-state index in [9.17, 15) is 0 Å². The fourth-order valence-corrected chi connectivity index (χ4v) is 2.32. The smallest absolute Gasteiger partial charge is 0.0483 e. The van der Waals surface area contributed by atoms with Gasteiger partial charge >= 0.3 is 0 Å². The first-order valence-electron chi connectivity index (χ1n) is 6.68. The van der Waals surface area contributed by atoms with Crippen LogP contribution in [0.25, 0.3) is 10.9 Å². The van der Waals surface area contributed by atoms with Crippen LogP contribution in [0.1, 0.15) is 31.7 Å². The minimum Gasteiger partial charge on any atom is -0.347 e. The molecule has 1 aromatic carbocycles. The maximum absolute atomic E-state index is 3.57. The third-order valence-corrected chi connectivity index (χ3v) is 3.48. The van der Waals surface area contributed by atoms with Gasteiger partial charge in [-0.15, -0.1) is 0 Å². The van der Waals surface area contributed by atoms with E-state index in [1.54, 1.807) is 0 Å². The maximum atomic E-state index is 3.57. The molecule has 0 spiro atoms. The van der Waals surface area contributed by atoms with Crippen LogP contribution in [0.5, 0.6) is 0 Å². The van der Waals surface area contributed by atoms with Gasteiger partial charge in [0.1, 0.15) is 0 Å². The summed E-state index contributed by atoms with van der Waals surface area (Å²) >= 11 is 0. The maximum Gasteiger partial charge on any atom is 0.0483 e. The number of hydrogen-bond donors (Lipinski definition) is 1. The second-order valence-corrected chi connectivity index (χ2v) is 5.06. The summed E-state index contributed by atoms with van der Waals surface area (Å²) in [5.74, 6) is 0. The molecule has 2 nitrogen and oxygen atoms in total. The Morgan fingerprint density at radius 3 is 2.94 bits per heavy atom. The van der Waals surface area contributed by atoms with Gasteiger partial charge in [-0.2, -0.15) is 0 Å². The van der Waals surface area contributed by atoms with E-state index in [1.807, 2.05) is 0 Å². The highest BCUT2D eigenvalue weighted by molar-refractivity contribution is 5.80. The van der Waals surface area contributed by atoms with E-state index in [4.69, 9.17) is 0 Å². The molecule has 1 N–H and O–H groups in total. The summed E-state index contributed by atoms with van der Waals surface area (Å²) in [4.78, 5) is 0. The van der Waals surface area contributed by atoms with Crippen LogP contribution in [0.15, 0.2) is 30.5 Å². The number of rotatable bonds is 5. The van der Waals surface area contributed by atoms with Crippen molar-refractivity contribution in [1.82, 2.24) is 9.88 Å². The molecule has 0 unspecified atom stereocenters. The standard InChI is InChI=1S/C15H20N2/c1-2-8-17-9-7-13-4-3-12(10-15(13)17)11-16-14-5-6-14/h3-4,7,9-10,14,16H,2,5-6,8,11H2,1H3. The highest BCUT2D eigenvalue weighted by atomic mass is 15.0. The average Bonchev–Trinajstić information content (AvgIpc) is 3.10. The fourth-order valence-electron chi connectivity index (χ4n) is 2.32. The van der Waals surface area contributed by atoms with Crippen molar-refractivity contribution in [1.29, 1.82) is 0 Å². The minimum absolute atomic E-state index is 0.785. The van der Waals surface area contributed by atoms with Crippen molar-refractivity contribution in [3.63, 3.8) is 0 Å². The largest absolute Gasteiger partial charge is 0.347 e. The topological polar surface area (TPSA) is 17.0 Å². The quantitative estimate of drug-likeness (QED) is 0.831. The van der Waals surface area contributed by atoms with Gasteiger partial charge in [-0.1, -0.05) is 19.1 Å². The van der Waals surface area contributed by atoms with Crippen molar-refractivity contribution in [2.45, 2.75) is 45.3 Å². The lowest BCUT2D eigenvalue weighted by Crippen LogP contribution is -2.15. The zero-order valence-electron chi connectivity index (χ0n) is 10.4. The molecule has 1 heterocycles. The predicted octanol–water partition coefficient (Wildman–Crippen LogP) is 3.30. The number of nitrogens with one attached hydrogen (secondary N) is 1. The van der Waals surface area contributed by atoms with Crippen LogP contribution in [0.2, 0.25) is 0 Å². The van der Waals surface area contributed by atoms with Crippen molar-refractivity contribution < 1.29 is 0 Å². The van der Waals surface area contributed by atoms with Crippen molar-refractivity contribution >= 4 is 10.9 Å². The van der Waals surface area contributed by atoms with Crippen molar-refractivity contribution in [3.8, 4) is 0 Å². The van der Waals surface area contributed by atoms with Crippen LogP contribution in [0.4, 0.5) is 0 Å². The second kappa shape index (κ2) is 4.53. The van der Waals surface area contributed by atoms with Gasteiger partial charge in [0.05, 0.1) is 0 Å². The molecular weight excluding hydrogens is 208 g/mol. The lowest BCUT2D eigenvalue weighted by Gasteiger charge is -2.06. The summed E-state index contributed by atoms with van der Waals surface area (Å²) in [6, 6.07) is 9.82. The monoisotopic (exact) mass is 228 g/mol. The van der Waals surface area contributed by atoms with Gasteiger partial charge in [0.2, 0.25) is 0 Å². The Hall–Kier alpha value is -1.28. The van der Waals surface area contributed by atoms with Gasteiger partial charge in [-0.25, -0.2) is 0 Å². The van der Waals surface area contributed by atoms with Gasteiger partial charge < -0.3 is 9.88 Å². The van der Waals surface area contributed by atoms with Gasteiger partial charge in [0.15, 0.2) is 0 Å². The molecule has 1 saturated carbocycles. The number of nitrogens with zero attached hydrogens (tertiary/aromatic N) is 1. The van der Waals surface area contributed by atoms with Crippen LogP contribution in [-0.2, 0) is 13.1 Å². The van der Waals surface area contributed by atoms with Gasteiger partial charge in [-0.05, 0) is 42.3 Å². The van der Waals surface area contributed by atoms with Crippen LogP contribution in [-0.4, -0.2) is 10.6 Å². The lowest BCUT2D eigenvalue weighted by molar-refractivity contribution is 0.685. The molecule has 1 fully saturated rings. The minimum atomic E-state index is 0.785. The molecule has 1 aromatic heterocycles. The molecule has 1 aliphatic carbocycles. The molecule has 0 atom stereocenters. The van der Waals surface area contributed by atoms with E-state index in [1.165, 1.54) is 35.7 Å². The third-order valence-electron chi connectivity index (χ3n) is 3.48. The molecule has 1 aliphatic rings. The number of aromatic nitrogens is 1. The Kier molecular flexibility index (Phi) is 2.89. The summed E-state index contributed by atoms with van der Waals surface area (Å²) in [7, 11) is 0. The van der Waals surface area contributed by atoms with E-state index < -0.39 is 0 Å². The predicted molar refractivity (Wildman–Crippen MR) is 72.1 cm³/mol. The summed E-state index contributed by atoms with van der Waals surface area (Å²) in [6.45, 7) is 4.35. The zero-order valence-corrected chi connectivity index (χ0v) is 10.4. The molecule has 3 rings (SSSR count). The number of benzene rings is 1. The molecule has 17 heavy (non-hydrogen) atoms. The first kappa shape index (κ1) is 10.8. The fraction of sp³-hybridized carbons (Fsp3) is 0.467. The van der Waals surface area contributed by atoms with Gasteiger partial charge in [-0.3, -0.25) is 0 Å². The Morgan fingerprint density at radius 1 is 1.29 bits per heavy atom. The molecule has 0 radical (unpaired) electrons. The molecular formula is C15H20N2. The van der Waals surface area contributed by atoms with Crippen molar-refractivity contribution in [3.05, 3.63) is 36.0 Å². The van der Waals surface area contributed by atoms with E-state index in [0.717, 1.165) is 19.1 Å².